The first-order valence-corrected chi connectivity index (χ1v) is 14.4. The molecule has 0 aliphatic rings. The molecule has 232 valence electrons. The van der Waals surface area contributed by atoms with Gasteiger partial charge in [-0.25, -0.2) is 20.1 Å². The maximum absolute atomic E-state index is 12.4. The van der Waals surface area contributed by atoms with Crippen molar-refractivity contribution in [3.63, 3.8) is 0 Å². The number of nitrogens with one attached hydrogen (secondary N) is 3. The van der Waals surface area contributed by atoms with Crippen molar-refractivity contribution in [3.05, 3.63) is 132 Å². The van der Waals surface area contributed by atoms with Crippen molar-refractivity contribution in [3.8, 4) is 0 Å². The van der Waals surface area contributed by atoms with Crippen molar-refractivity contribution in [1.82, 2.24) is 31.1 Å². The van der Waals surface area contributed by atoms with E-state index in [1.54, 1.807) is 12.4 Å². The number of hydrogen-bond donors (Lipinski definition) is 3. The van der Waals surface area contributed by atoms with E-state index < -0.39 is 17.1 Å². The molecular weight excluding hydrogens is 556 g/mol. The Bertz CT molecular complexity index is 1410. The SMILES string of the molecule is CC(C)(NC(=O)NOCc1ccccc1)c1ccccn1.CCN(OCc1ccccc1)C(=O)NC(C)(C)c1ccccn1. The van der Waals surface area contributed by atoms with E-state index in [0.717, 1.165) is 22.5 Å². The zero-order valence-electron chi connectivity index (χ0n) is 26.0. The van der Waals surface area contributed by atoms with E-state index in [4.69, 9.17) is 9.68 Å². The number of urea groups is 2. The highest BCUT2D eigenvalue weighted by Crippen LogP contribution is 2.18. The maximum Gasteiger partial charge on any atom is 0.342 e. The fourth-order valence-corrected chi connectivity index (χ4v) is 4.01. The average molecular weight is 599 g/mol. The Morgan fingerprint density at radius 2 is 1.16 bits per heavy atom. The Balaban J connectivity index is 0.000000241. The van der Waals surface area contributed by atoms with Gasteiger partial charge in [0, 0.05) is 18.9 Å². The van der Waals surface area contributed by atoms with Crippen LogP contribution in [0.3, 0.4) is 0 Å². The third kappa shape index (κ3) is 11.1. The van der Waals surface area contributed by atoms with Gasteiger partial charge in [-0.15, -0.1) is 0 Å². The molecule has 10 nitrogen and oxygen atoms in total. The zero-order valence-corrected chi connectivity index (χ0v) is 26.0. The molecule has 2 heterocycles. The van der Waals surface area contributed by atoms with Crippen molar-refractivity contribution >= 4 is 12.1 Å². The summed E-state index contributed by atoms with van der Waals surface area (Å²) in [6.45, 7) is 10.6. The second kappa shape index (κ2) is 16.7. The minimum absolute atomic E-state index is 0.279. The van der Waals surface area contributed by atoms with Crippen LogP contribution in [0.1, 0.15) is 57.1 Å². The first kappa shape index (κ1) is 33.7. The van der Waals surface area contributed by atoms with Crippen LogP contribution < -0.4 is 16.1 Å². The number of pyridine rings is 2. The lowest BCUT2D eigenvalue weighted by atomic mass is 10.0. The smallest absolute Gasteiger partial charge is 0.326 e. The first-order valence-electron chi connectivity index (χ1n) is 14.4. The van der Waals surface area contributed by atoms with Crippen LogP contribution >= 0.6 is 0 Å². The van der Waals surface area contributed by atoms with Gasteiger partial charge in [0.05, 0.1) is 29.1 Å². The highest BCUT2D eigenvalue weighted by atomic mass is 16.7. The Morgan fingerprint density at radius 3 is 1.64 bits per heavy atom. The Kier molecular flexibility index (Phi) is 12.8. The highest BCUT2D eigenvalue weighted by molar-refractivity contribution is 5.74. The lowest BCUT2D eigenvalue weighted by molar-refractivity contribution is -0.126. The number of nitrogens with zero attached hydrogens (tertiary/aromatic N) is 3. The molecule has 44 heavy (non-hydrogen) atoms. The number of aromatic nitrogens is 2. The Morgan fingerprint density at radius 1 is 0.682 bits per heavy atom. The van der Waals surface area contributed by atoms with Crippen molar-refractivity contribution < 1.29 is 19.3 Å². The van der Waals surface area contributed by atoms with Gasteiger partial charge in [0.25, 0.3) is 0 Å². The van der Waals surface area contributed by atoms with E-state index in [2.05, 4.69) is 26.1 Å². The number of carbonyl (C=O) groups is 2. The third-order valence-electron chi connectivity index (χ3n) is 6.45. The molecule has 0 aliphatic carbocycles. The second-order valence-electron chi connectivity index (χ2n) is 10.9. The van der Waals surface area contributed by atoms with Crippen molar-refractivity contribution in [2.24, 2.45) is 0 Å². The van der Waals surface area contributed by atoms with E-state index in [0.29, 0.717) is 19.8 Å². The van der Waals surface area contributed by atoms with Gasteiger partial charge in [0.1, 0.15) is 6.61 Å². The monoisotopic (exact) mass is 598 g/mol. The molecule has 0 fully saturated rings. The zero-order chi connectivity index (χ0) is 31.8. The molecule has 0 saturated heterocycles. The summed E-state index contributed by atoms with van der Waals surface area (Å²) >= 11 is 0. The summed E-state index contributed by atoms with van der Waals surface area (Å²) in [5.74, 6) is 0. The van der Waals surface area contributed by atoms with Gasteiger partial charge in [-0.3, -0.25) is 19.6 Å². The second-order valence-corrected chi connectivity index (χ2v) is 10.9. The highest BCUT2D eigenvalue weighted by Gasteiger charge is 2.27. The predicted molar refractivity (Wildman–Crippen MR) is 170 cm³/mol. The Hall–Kier alpha value is -4.80. The van der Waals surface area contributed by atoms with E-state index in [9.17, 15) is 9.59 Å². The molecule has 0 radical (unpaired) electrons. The van der Waals surface area contributed by atoms with Gasteiger partial charge in [-0.2, -0.15) is 0 Å². The molecule has 3 N–H and O–H groups in total. The summed E-state index contributed by atoms with van der Waals surface area (Å²) in [5.41, 5.74) is 4.80. The van der Waals surface area contributed by atoms with Gasteiger partial charge in [0.15, 0.2) is 0 Å². The van der Waals surface area contributed by atoms with E-state index in [-0.39, 0.29) is 6.03 Å². The molecule has 0 aliphatic heterocycles. The summed E-state index contributed by atoms with van der Waals surface area (Å²) in [5, 5.41) is 7.11. The number of rotatable bonds is 11. The van der Waals surface area contributed by atoms with Crippen LogP contribution in [-0.2, 0) is 34.0 Å². The van der Waals surface area contributed by atoms with E-state index >= 15 is 0 Å². The van der Waals surface area contributed by atoms with E-state index in [1.165, 1.54) is 5.06 Å². The topological polar surface area (TPSA) is 118 Å². The summed E-state index contributed by atoms with van der Waals surface area (Å²) in [4.78, 5) is 43.7. The molecule has 0 atom stereocenters. The van der Waals surface area contributed by atoms with Gasteiger partial charge < -0.3 is 10.6 Å². The summed E-state index contributed by atoms with van der Waals surface area (Å²) in [7, 11) is 0. The maximum atomic E-state index is 12.4. The molecule has 0 spiro atoms. The standard InChI is InChI=1S/C18H23N3O2.C16H19N3O2/c1-4-21(23-14-15-10-6-5-7-11-15)17(22)20-18(2,3)16-12-8-9-13-19-16;1-16(2,14-10-6-7-11-17-14)18-15(20)19-21-12-13-8-4-3-5-9-13/h5-13H,4,14H2,1-3H3,(H,20,22);3-11H,12H2,1-2H3,(H2,18,19,20). The number of carbonyl (C=O) groups excluding carboxylic acids is 2. The van der Waals surface area contributed by atoms with Gasteiger partial charge in [-0.1, -0.05) is 72.8 Å². The van der Waals surface area contributed by atoms with Crippen LogP contribution in [0.5, 0.6) is 0 Å². The number of benzene rings is 2. The van der Waals surface area contributed by atoms with Gasteiger partial charge in [-0.05, 0) is 70.0 Å². The van der Waals surface area contributed by atoms with Crippen molar-refractivity contribution in [2.75, 3.05) is 6.54 Å². The third-order valence-corrected chi connectivity index (χ3v) is 6.45. The minimum atomic E-state index is -0.582. The molecule has 2 aromatic heterocycles. The summed E-state index contributed by atoms with van der Waals surface area (Å²) in [6, 6.07) is 29.9. The number of hydroxylamine groups is 3. The minimum Gasteiger partial charge on any atom is -0.326 e. The van der Waals surface area contributed by atoms with E-state index in [1.807, 2.05) is 132 Å². The van der Waals surface area contributed by atoms with Crippen LogP contribution in [0.25, 0.3) is 0 Å². The molecule has 10 heteroatoms. The molecule has 4 aromatic rings. The molecule has 0 unspecified atom stereocenters. The molecule has 4 amide bonds. The van der Waals surface area contributed by atoms with Crippen LogP contribution in [0.15, 0.2) is 109 Å². The first-order chi connectivity index (χ1) is 21.1. The fourth-order valence-electron chi connectivity index (χ4n) is 4.01. The van der Waals surface area contributed by atoms with Gasteiger partial charge in [0.2, 0.25) is 0 Å². The lowest BCUT2D eigenvalue weighted by Gasteiger charge is -2.29. The average Bonchev–Trinajstić information content (AvgIpc) is 3.03. The molecule has 2 aromatic carbocycles. The quantitative estimate of drug-likeness (QED) is 0.176. The Labute approximate surface area is 259 Å². The predicted octanol–water partition coefficient (Wildman–Crippen LogP) is 6.23. The lowest BCUT2D eigenvalue weighted by Crippen LogP contribution is -2.48. The van der Waals surface area contributed by atoms with Crippen molar-refractivity contribution in [2.45, 2.75) is 58.9 Å². The molecule has 0 saturated carbocycles. The van der Waals surface area contributed by atoms with Gasteiger partial charge >= 0.3 is 12.1 Å². The number of hydrogen-bond acceptors (Lipinski definition) is 6. The largest absolute Gasteiger partial charge is 0.342 e. The van der Waals surface area contributed by atoms with Crippen LogP contribution in [-0.4, -0.2) is 33.6 Å². The summed E-state index contributed by atoms with van der Waals surface area (Å²) < 4.78 is 0. The van der Waals surface area contributed by atoms with Crippen LogP contribution in [0.2, 0.25) is 0 Å². The molecule has 4 rings (SSSR count). The summed E-state index contributed by atoms with van der Waals surface area (Å²) in [6.07, 6.45) is 3.41. The normalized spacial score (nSPS) is 11.0. The van der Waals surface area contributed by atoms with Crippen molar-refractivity contribution in [1.29, 1.82) is 0 Å². The molecular formula is C34H42N6O4. The number of amides is 4. The van der Waals surface area contributed by atoms with Crippen LogP contribution in [0, 0.1) is 0 Å². The molecule has 0 bridgehead atoms. The fraction of sp³-hybridized carbons (Fsp3) is 0.294. The van der Waals surface area contributed by atoms with Crippen LogP contribution in [0.4, 0.5) is 9.59 Å².